The number of benzene rings is 1. The van der Waals surface area contributed by atoms with Crippen LogP contribution >= 0.6 is 0 Å². The quantitative estimate of drug-likeness (QED) is 0.594. The van der Waals surface area contributed by atoms with Gasteiger partial charge in [-0.1, -0.05) is 69.3 Å². The van der Waals surface area contributed by atoms with E-state index in [1.165, 1.54) is 36.9 Å². The maximum atomic E-state index is 2.45. The van der Waals surface area contributed by atoms with Crippen molar-refractivity contribution in [2.24, 2.45) is 5.92 Å². The molecule has 1 aliphatic rings. The van der Waals surface area contributed by atoms with E-state index in [1.54, 1.807) is 0 Å². The SMILES string of the molecule is CC(C)(C)c1ccc(C[NH2+]CCCC2C=CCC=CC2)cc1. The molecule has 2 N–H and O–H groups in total. The fraction of sp³-hybridized carbons (Fsp3) is 0.524. The summed E-state index contributed by atoms with van der Waals surface area (Å²) in [6.45, 7) is 9.14. The molecular formula is C21H32N+. The van der Waals surface area contributed by atoms with E-state index in [0.29, 0.717) is 0 Å². The van der Waals surface area contributed by atoms with Gasteiger partial charge in [-0.25, -0.2) is 0 Å². The van der Waals surface area contributed by atoms with Crippen LogP contribution in [0.3, 0.4) is 0 Å². The summed E-state index contributed by atoms with van der Waals surface area (Å²) < 4.78 is 0. The van der Waals surface area contributed by atoms with E-state index >= 15 is 0 Å². The fourth-order valence-electron chi connectivity index (χ4n) is 2.94. The monoisotopic (exact) mass is 298 g/mol. The summed E-state index contributed by atoms with van der Waals surface area (Å²) in [5, 5.41) is 2.45. The van der Waals surface area contributed by atoms with Crippen molar-refractivity contribution in [1.29, 1.82) is 0 Å². The minimum atomic E-state index is 0.253. The van der Waals surface area contributed by atoms with Crippen LogP contribution in [-0.2, 0) is 12.0 Å². The zero-order valence-electron chi connectivity index (χ0n) is 14.5. The number of rotatable bonds is 6. The molecule has 0 aromatic heterocycles. The van der Waals surface area contributed by atoms with Crippen molar-refractivity contribution in [2.75, 3.05) is 6.54 Å². The Balaban J connectivity index is 1.65. The normalized spacial score (nSPS) is 18.4. The van der Waals surface area contributed by atoms with Gasteiger partial charge >= 0.3 is 0 Å². The van der Waals surface area contributed by atoms with Crippen molar-refractivity contribution in [3.63, 3.8) is 0 Å². The van der Waals surface area contributed by atoms with Gasteiger partial charge in [0.1, 0.15) is 6.54 Å². The molecule has 1 atom stereocenters. The number of quaternary nitrogens is 1. The molecule has 1 aliphatic carbocycles. The molecule has 0 aliphatic heterocycles. The van der Waals surface area contributed by atoms with Gasteiger partial charge in [0.05, 0.1) is 6.54 Å². The first-order valence-electron chi connectivity index (χ1n) is 8.78. The molecule has 0 saturated carbocycles. The molecular weight excluding hydrogens is 266 g/mol. The van der Waals surface area contributed by atoms with E-state index in [1.807, 2.05) is 0 Å². The first-order chi connectivity index (χ1) is 10.6. The highest BCUT2D eigenvalue weighted by atomic mass is 14.8. The zero-order valence-corrected chi connectivity index (χ0v) is 14.5. The van der Waals surface area contributed by atoms with E-state index in [9.17, 15) is 0 Å². The largest absolute Gasteiger partial charge is 0.343 e. The molecule has 0 fully saturated rings. The third kappa shape index (κ3) is 5.81. The van der Waals surface area contributed by atoms with Gasteiger partial charge in [-0.2, -0.15) is 0 Å². The fourth-order valence-corrected chi connectivity index (χ4v) is 2.94. The van der Waals surface area contributed by atoms with Gasteiger partial charge in [-0.05, 0) is 42.6 Å². The molecule has 1 aromatic rings. The van der Waals surface area contributed by atoms with Crippen LogP contribution in [0.15, 0.2) is 48.6 Å². The first-order valence-corrected chi connectivity index (χ1v) is 8.78. The average Bonchev–Trinajstić information content (AvgIpc) is 2.75. The van der Waals surface area contributed by atoms with E-state index < -0.39 is 0 Å². The highest BCUT2D eigenvalue weighted by Crippen LogP contribution is 2.22. The summed E-state index contributed by atoms with van der Waals surface area (Å²) in [5.41, 5.74) is 3.11. The summed E-state index contributed by atoms with van der Waals surface area (Å²) in [6.07, 6.45) is 14.3. The minimum absolute atomic E-state index is 0.253. The Morgan fingerprint density at radius 2 is 1.82 bits per heavy atom. The topological polar surface area (TPSA) is 16.6 Å². The Kier molecular flexibility index (Phi) is 6.45. The predicted molar refractivity (Wildman–Crippen MR) is 95.9 cm³/mol. The van der Waals surface area contributed by atoms with E-state index in [2.05, 4.69) is 74.7 Å². The van der Waals surface area contributed by atoms with Gasteiger partial charge in [0.2, 0.25) is 0 Å². The lowest BCUT2D eigenvalue weighted by atomic mass is 9.87. The number of hydrogen-bond donors (Lipinski definition) is 1. The molecule has 1 unspecified atom stereocenters. The Bertz CT molecular complexity index is 488. The molecule has 0 amide bonds. The third-order valence-corrected chi connectivity index (χ3v) is 4.47. The molecule has 1 nitrogen and oxygen atoms in total. The molecule has 0 spiro atoms. The molecule has 120 valence electrons. The molecule has 22 heavy (non-hydrogen) atoms. The summed E-state index contributed by atoms with van der Waals surface area (Å²) in [5.74, 6) is 0.762. The van der Waals surface area contributed by atoms with Gasteiger partial charge in [0, 0.05) is 5.56 Å². The summed E-state index contributed by atoms with van der Waals surface area (Å²) in [7, 11) is 0. The van der Waals surface area contributed by atoms with Crippen molar-refractivity contribution in [2.45, 2.75) is 58.4 Å². The van der Waals surface area contributed by atoms with Crippen LogP contribution in [0, 0.1) is 5.92 Å². The Labute approximate surface area is 136 Å². The number of allylic oxidation sites excluding steroid dienone is 4. The minimum Gasteiger partial charge on any atom is -0.343 e. The van der Waals surface area contributed by atoms with Gasteiger partial charge < -0.3 is 5.32 Å². The molecule has 0 saturated heterocycles. The second kappa shape index (κ2) is 8.33. The smallest absolute Gasteiger partial charge is 0.101 e. The van der Waals surface area contributed by atoms with Gasteiger partial charge in [-0.3, -0.25) is 0 Å². The van der Waals surface area contributed by atoms with Crippen molar-refractivity contribution >= 4 is 0 Å². The molecule has 0 bridgehead atoms. The lowest BCUT2D eigenvalue weighted by Gasteiger charge is -2.19. The van der Waals surface area contributed by atoms with Gasteiger partial charge in [-0.15, -0.1) is 0 Å². The molecule has 1 heteroatoms. The second-order valence-corrected chi connectivity index (χ2v) is 7.50. The lowest BCUT2D eigenvalue weighted by molar-refractivity contribution is -0.671. The van der Waals surface area contributed by atoms with Crippen LogP contribution in [0.4, 0.5) is 0 Å². The van der Waals surface area contributed by atoms with Gasteiger partial charge in [0.25, 0.3) is 0 Å². The molecule has 0 radical (unpaired) electrons. The van der Waals surface area contributed by atoms with Crippen molar-refractivity contribution in [3.8, 4) is 0 Å². The third-order valence-electron chi connectivity index (χ3n) is 4.47. The number of nitrogens with two attached hydrogens (primary N) is 1. The standard InChI is InChI=1S/C21H31N/c1-21(2,3)20-14-12-19(13-15-20)17-22-16-8-11-18-9-6-4-5-7-10-18/h4,6-7,10,12-15,18,22H,5,8-9,11,16-17H2,1-3H3/p+1. The molecule has 1 aromatic carbocycles. The van der Waals surface area contributed by atoms with Crippen LogP contribution in [0.2, 0.25) is 0 Å². The predicted octanol–water partition coefficient (Wildman–Crippen LogP) is 4.35. The van der Waals surface area contributed by atoms with E-state index in [4.69, 9.17) is 0 Å². The Morgan fingerprint density at radius 1 is 1.05 bits per heavy atom. The van der Waals surface area contributed by atoms with Crippen LogP contribution in [0.1, 0.15) is 57.6 Å². The van der Waals surface area contributed by atoms with Crippen LogP contribution in [-0.4, -0.2) is 6.54 Å². The summed E-state index contributed by atoms with van der Waals surface area (Å²) >= 11 is 0. The van der Waals surface area contributed by atoms with Crippen molar-refractivity contribution < 1.29 is 5.32 Å². The average molecular weight is 298 g/mol. The van der Waals surface area contributed by atoms with Crippen LogP contribution in [0.25, 0.3) is 0 Å². The first kappa shape index (κ1) is 17.0. The number of hydrogen-bond acceptors (Lipinski definition) is 0. The molecule has 2 rings (SSSR count). The Morgan fingerprint density at radius 3 is 2.55 bits per heavy atom. The second-order valence-electron chi connectivity index (χ2n) is 7.50. The Hall–Kier alpha value is -1.34. The van der Waals surface area contributed by atoms with Crippen LogP contribution in [0.5, 0.6) is 0 Å². The van der Waals surface area contributed by atoms with E-state index in [-0.39, 0.29) is 5.41 Å². The lowest BCUT2D eigenvalue weighted by Crippen LogP contribution is -2.82. The van der Waals surface area contributed by atoms with Crippen molar-refractivity contribution in [3.05, 3.63) is 59.7 Å². The summed E-state index contributed by atoms with van der Waals surface area (Å²) in [4.78, 5) is 0. The molecule has 0 heterocycles. The van der Waals surface area contributed by atoms with Gasteiger partial charge in [0.15, 0.2) is 0 Å². The summed E-state index contributed by atoms with van der Waals surface area (Å²) in [6, 6.07) is 9.14. The van der Waals surface area contributed by atoms with Crippen LogP contribution < -0.4 is 5.32 Å². The maximum Gasteiger partial charge on any atom is 0.101 e. The zero-order chi connectivity index (χ0) is 15.8. The maximum absolute atomic E-state index is 2.45. The highest BCUT2D eigenvalue weighted by Gasteiger charge is 2.12. The van der Waals surface area contributed by atoms with Crippen molar-refractivity contribution in [1.82, 2.24) is 0 Å². The highest BCUT2D eigenvalue weighted by molar-refractivity contribution is 5.26. The van der Waals surface area contributed by atoms with E-state index in [0.717, 1.165) is 18.9 Å².